The lowest BCUT2D eigenvalue weighted by molar-refractivity contribution is 0.307. The molecule has 0 N–H and O–H groups in total. The fourth-order valence-electron chi connectivity index (χ4n) is 1.97. The monoisotopic (exact) mass is 252 g/mol. The third-order valence-corrected chi connectivity index (χ3v) is 3.09. The highest BCUT2D eigenvalue weighted by atomic mass is 16.5. The first-order valence-corrected chi connectivity index (χ1v) is 6.78. The van der Waals surface area contributed by atoms with Crippen molar-refractivity contribution in [1.29, 1.82) is 0 Å². The van der Waals surface area contributed by atoms with Gasteiger partial charge >= 0.3 is 0 Å². The van der Waals surface area contributed by atoms with E-state index in [0.717, 1.165) is 37.2 Å². The summed E-state index contributed by atoms with van der Waals surface area (Å²) in [5.74, 6) is 0.935. The van der Waals surface area contributed by atoms with Crippen molar-refractivity contribution in [3.05, 3.63) is 72.3 Å². The molecule has 0 spiro atoms. The van der Waals surface area contributed by atoms with E-state index in [2.05, 4.69) is 36.9 Å². The van der Waals surface area contributed by atoms with Gasteiger partial charge in [-0.05, 0) is 42.5 Å². The van der Waals surface area contributed by atoms with E-state index in [1.165, 1.54) is 5.56 Å². The van der Waals surface area contributed by atoms with E-state index >= 15 is 0 Å². The van der Waals surface area contributed by atoms with E-state index in [0.29, 0.717) is 0 Å². The van der Waals surface area contributed by atoms with Gasteiger partial charge in [0.05, 0.1) is 6.61 Å². The summed E-state index contributed by atoms with van der Waals surface area (Å²) in [6.45, 7) is 4.51. The molecule has 0 fully saturated rings. The molecule has 19 heavy (non-hydrogen) atoms. The quantitative estimate of drug-likeness (QED) is 0.647. The minimum absolute atomic E-state index is 0.778. The number of unbranched alkanes of at least 4 members (excludes halogenated alkanes) is 1. The molecule has 0 saturated carbocycles. The molecule has 0 atom stereocenters. The maximum absolute atomic E-state index is 5.71. The highest BCUT2D eigenvalue weighted by Gasteiger charge is 1.95. The molecule has 0 bridgehead atoms. The van der Waals surface area contributed by atoms with Crippen molar-refractivity contribution in [2.45, 2.75) is 19.3 Å². The predicted octanol–water partition coefficient (Wildman–Crippen LogP) is 4.73. The summed E-state index contributed by atoms with van der Waals surface area (Å²) in [4.78, 5) is 0. The van der Waals surface area contributed by atoms with Gasteiger partial charge in [0.2, 0.25) is 0 Å². The Morgan fingerprint density at radius 2 is 1.63 bits per heavy atom. The molecule has 0 heterocycles. The van der Waals surface area contributed by atoms with E-state index in [1.807, 2.05) is 30.3 Å². The summed E-state index contributed by atoms with van der Waals surface area (Å²) in [5, 5.41) is 0. The van der Waals surface area contributed by atoms with Gasteiger partial charge in [0, 0.05) is 0 Å². The van der Waals surface area contributed by atoms with Crippen molar-refractivity contribution in [2.24, 2.45) is 0 Å². The molecule has 1 nitrogen and oxygen atoms in total. The molecular formula is C18H20O. The second-order valence-electron chi connectivity index (χ2n) is 4.56. The van der Waals surface area contributed by atoms with Crippen molar-refractivity contribution in [3.8, 4) is 5.75 Å². The van der Waals surface area contributed by atoms with Crippen LogP contribution >= 0.6 is 0 Å². The third kappa shape index (κ3) is 4.63. The van der Waals surface area contributed by atoms with Crippen LogP contribution in [-0.4, -0.2) is 6.61 Å². The minimum Gasteiger partial charge on any atom is -0.494 e. The van der Waals surface area contributed by atoms with E-state index in [1.54, 1.807) is 0 Å². The Morgan fingerprint density at radius 3 is 2.32 bits per heavy atom. The summed E-state index contributed by atoms with van der Waals surface area (Å²) in [6, 6.07) is 18.6. The van der Waals surface area contributed by atoms with Crippen molar-refractivity contribution in [1.82, 2.24) is 0 Å². The molecule has 0 radical (unpaired) electrons. The Morgan fingerprint density at radius 1 is 0.895 bits per heavy atom. The SMILES string of the molecule is C=Cc1ccc(OCCCCc2ccccc2)cc1. The third-order valence-electron chi connectivity index (χ3n) is 3.09. The molecule has 0 aliphatic carbocycles. The molecule has 0 aromatic heterocycles. The zero-order valence-corrected chi connectivity index (χ0v) is 11.2. The fourth-order valence-corrected chi connectivity index (χ4v) is 1.97. The van der Waals surface area contributed by atoms with Crippen LogP contribution in [0.4, 0.5) is 0 Å². The predicted molar refractivity (Wildman–Crippen MR) is 81.4 cm³/mol. The Bertz CT molecular complexity index is 485. The largest absolute Gasteiger partial charge is 0.494 e. The first kappa shape index (κ1) is 13.4. The standard InChI is InChI=1S/C18H20O/c1-2-16-11-13-18(14-12-16)19-15-7-6-10-17-8-4-3-5-9-17/h2-5,8-9,11-14H,1,6-7,10,15H2. The number of hydrogen-bond donors (Lipinski definition) is 0. The van der Waals surface area contributed by atoms with Crippen molar-refractivity contribution < 1.29 is 4.74 Å². The first-order chi connectivity index (χ1) is 9.38. The molecule has 0 amide bonds. The molecular weight excluding hydrogens is 232 g/mol. The Hall–Kier alpha value is -2.02. The Labute approximate surface area is 115 Å². The van der Waals surface area contributed by atoms with Gasteiger partial charge in [-0.3, -0.25) is 0 Å². The topological polar surface area (TPSA) is 9.23 Å². The summed E-state index contributed by atoms with van der Waals surface area (Å²) >= 11 is 0. The lowest BCUT2D eigenvalue weighted by Crippen LogP contribution is -1.98. The number of ether oxygens (including phenoxy) is 1. The molecule has 2 aromatic rings. The second kappa shape index (κ2) is 7.42. The molecule has 0 saturated heterocycles. The van der Waals surface area contributed by atoms with E-state index < -0.39 is 0 Å². The lowest BCUT2D eigenvalue weighted by Gasteiger charge is -2.06. The van der Waals surface area contributed by atoms with Crippen LogP contribution in [0.25, 0.3) is 6.08 Å². The Kier molecular flexibility index (Phi) is 5.24. The van der Waals surface area contributed by atoms with Gasteiger partial charge in [-0.15, -0.1) is 0 Å². The van der Waals surface area contributed by atoms with Crippen LogP contribution in [0.1, 0.15) is 24.0 Å². The summed E-state index contributed by atoms with van der Waals surface area (Å²) in [5.41, 5.74) is 2.52. The maximum Gasteiger partial charge on any atom is 0.119 e. The van der Waals surface area contributed by atoms with Crippen molar-refractivity contribution >= 4 is 6.08 Å². The van der Waals surface area contributed by atoms with Crippen LogP contribution in [0, 0.1) is 0 Å². The smallest absolute Gasteiger partial charge is 0.119 e. The molecule has 2 aromatic carbocycles. The number of rotatable bonds is 7. The zero-order chi connectivity index (χ0) is 13.3. The fraction of sp³-hybridized carbons (Fsp3) is 0.222. The van der Waals surface area contributed by atoms with Crippen molar-refractivity contribution in [3.63, 3.8) is 0 Å². The van der Waals surface area contributed by atoms with Gasteiger partial charge in [0.1, 0.15) is 5.75 Å². The maximum atomic E-state index is 5.71. The molecule has 98 valence electrons. The molecule has 0 unspecified atom stereocenters. The molecule has 0 aliphatic heterocycles. The molecule has 0 aliphatic rings. The Balaban J connectivity index is 1.65. The van der Waals surface area contributed by atoms with Crippen LogP contribution in [0.2, 0.25) is 0 Å². The zero-order valence-electron chi connectivity index (χ0n) is 11.2. The number of hydrogen-bond acceptors (Lipinski definition) is 1. The van der Waals surface area contributed by atoms with Crippen LogP contribution in [0.3, 0.4) is 0 Å². The first-order valence-electron chi connectivity index (χ1n) is 6.78. The minimum atomic E-state index is 0.778. The van der Waals surface area contributed by atoms with Gasteiger partial charge in [-0.25, -0.2) is 0 Å². The van der Waals surface area contributed by atoms with Crippen LogP contribution < -0.4 is 4.74 Å². The van der Waals surface area contributed by atoms with Crippen molar-refractivity contribution in [2.75, 3.05) is 6.61 Å². The van der Waals surface area contributed by atoms with Crippen LogP contribution in [0.15, 0.2) is 61.2 Å². The number of benzene rings is 2. The lowest BCUT2D eigenvalue weighted by atomic mass is 10.1. The van der Waals surface area contributed by atoms with Gasteiger partial charge < -0.3 is 4.74 Å². The van der Waals surface area contributed by atoms with Gasteiger partial charge in [0.25, 0.3) is 0 Å². The molecule has 2 rings (SSSR count). The van der Waals surface area contributed by atoms with Gasteiger partial charge in [-0.1, -0.05) is 55.1 Å². The van der Waals surface area contributed by atoms with E-state index in [-0.39, 0.29) is 0 Å². The number of aryl methyl sites for hydroxylation is 1. The van der Waals surface area contributed by atoms with Crippen LogP contribution in [-0.2, 0) is 6.42 Å². The van der Waals surface area contributed by atoms with E-state index in [4.69, 9.17) is 4.74 Å². The highest BCUT2D eigenvalue weighted by Crippen LogP contribution is 2.13. The average molecular weight is 252 g/mol. The summed E-state index contributed by atoms with van der Waals surface area (Å²) in [7, 11) is 0. The molecule has 1 heteroatoms. The van der Waals surface area contributed by atoms with Crippen LogP contribution in [0.5, 0.6) is 5.75 Å². The van der Waals surface area contributed by atoms with Gasteiger partial charge in [0.15, 0.2) is 0 Å². The average Bonchev–Trinajstić information content (AvgIpc) is 2.49. The summed E-state index contributed by atoms with van der Waals surface area (Å²) in [6.07, 6.45) is 5.20. The highest BCUT2D eigenvalue weighted by molar-refractivity contribution is 5.48. The van der Waals surface area contributed by atoms with Gasteiger partial charge in [-0.2, -0.15) is 0 Å². The van der Waals surface area contributed by atoms with E-state index in [9.17, 15) is 0 Å². The summed E-state index contributed by atoms with van der Waals surface area (Å²) < 4.78 is 5.71. The normalized spacial score (nSPS) is 10.1. The second-order valence-corrected chi connectivity index (χ2v) is 4.56.